The van der Waals surface area contributed by atoms with Crippen LogP contribution < -0.4 is 5.32 Å². The molecule has 122 valence electrons. The number of anilines is 1. The quantitative estimate of drug-likeness (QED) is 0.734. The first-order valence-corrected chi connectivity index (χ1v) is 8.34. The van der Waals surface area contributed by atoms with Crippen LogP contribution in [0.15, 0.2) is 40.1 Å². The molecule has 0 aliphatic heterocycles. The first-order valence-electron chi connectivity index (χ1n) is 6.47. The summed E-state index contributed by atoms with van der Waals surface area (Å²) < 4.78 is 25.7. The van der Waals surface area contributed by atoms with Gasteiger partial charge < -0.3 is 15.5 Å². The molecule has 2 rings (SSSR count). The number of aryl methyl sites for hydroxylation is 1. The SMILES string of the molecule is CC(=O)Nc1cc(Cl)ccc1S(=O)(=O)c1cc(O)c(O)cc1C. The largest absolute Gasteiger partial charge is 0.504 e. The third-order valence-corrected chi connectivity index (χ3v) is 5.29. The second kappa shape index (κ2) is 6.10. The van der Waals surface area contributed by atoms with Crippen molar-refractivity contribution < 1.29 is 23.4 Å². The first-order chi connectivity index (χ1) is 10.6. The molecule has 0 saturated heterocycles. The van der Waals surface area contributed by atoms with Crippen LogP contribution in [-0.4, -0.2) is 24.5 Å². The Morgan fingerprint density at radius 1 is 1.09 bits per heavy atom. The zero-order chi connectivity index (χ0) is 17.4. The molecule has 23 heavy (non-hydrogen) atoms. The Balaban J connectivity index is 2.70. The maximum Gasteiger partial charge on any atom is 0.221 e. The molecule has 0 aliphatic carbocycles. The van der Waals surface area contributed by atoms with Gasteiger partial charge >= 0.3 is 0 Å². The highest BCUT2D eigenvalue weighted by Crippen LogP contribution is 2.36. The molecule has 0 fully saturated rings. The fraction of sp³-hybridized carbons (Fsp3) is 0.133. The van der Waals surface area contributed by atoms with Gasteiger partial charge in [0.2, 0.25) is 15.7 Å². The summed E-state index contributed by atoms with van der Waals surface area (Å²) in [6, 6.07) is 6.09. The summed E-state index contributed by atoms with van der Waals surface area (Å²) in [6.07, 6.45) is 0. The second-order valence-electron chi connectivity index (χ2n) is 4.93. The van der Waals surface area contributed by atoms with Gasteiger partial charge in [0, 0.05) is 18.0 Å². The van der Waals surface area contributed by atoms with E-state index < -0.39 is 27.2 Å². The normalized spacial score (nSPS) is 11.3. The summed E-state index contributed by atoms with van der Waals surface area (Å²) in [5.41, 5.74) is 0.293. The highest BCUT2D eigenvalue weighted by Gasteiger charge is 2.25. The van der Waals surface area contributed by atoms with E-state index in [1.54, 1.807) is 0 Å². The predicted octanol–water partition coefficient (Wildman–Crippen LogP) is 2.85. The van der Waals surface area contributed by atoms with Crippen molar-refractivity contribution in [3.05, 3.63) is 40.9 Å². The number of aromatic hydroxyl groups is 2. The van der Waals surface area contributed by atoms with Gasteiger partial charge in [-0.1, -0.05) is 11.6 Å². The number of phenolic OH excluding ortho intramolecular Hbond substituents is 2. The minimum Gasteiger partial charge on any atom is -0.504 e. The monoisotopic (exact) mass is 355 g/mol. The lowest BCUT2D eigenvalue weighted by Gasteiger charge is -2.13. The lowest BCUT2D eigenvalue weighted by atomic mass is 10.2. The van der Waals surface area contributed by atoms with E-state index in [0.717, 1.165) is 12.1 Å². The number of sulfone groups is 1. The van der Waals surface area contributed by atoms with Crippen LogP contribution in [-0.2, 0) is 14.6 Å². The molecular formula is C15H14ClNO5S. The van der Waals surface area contributed by atoms with E-state index in [0.29, 0.717) is 0 Å². The predicted molar refractivity (Wildman–Crippen MR) is 85.7 cm³/mol. The molecule has 0 aliphatic rings. The number of nitrogens with one attached hydrogen (secondary N) is 1. The average Bonchev–Trinajstić information content (AvgIpc) is 2.41. The smallest absolute Gasteiger partial charge is 0.221 e. The molecule has 1 amide bonds. The fourth-order valence-electron chi connectivity index (χ4n) is 2.09. The van der Waals surface area contributed by atoms with Crippen LogP contribution in [0.2, 0.25) is 5.02 Å². The minimum absolute atomic E-state index is 0.0389. The van der Waals surface area contributed by atoms with Gasteiger partial charge in [-0.15, -0.1) is 0 Å². The van der Waals surface area contributed by atoms with Crippen LogP contribution in [0.1, 0.15) is 12.5 Å². The van der Waals surface area contributed by atoms with Crippen molar-refractivity contribution in [2.45, 2.75) is 23.6 Å². The summed E-state index contributed by atoms with van der Waals surface area (Å²) in [7, 11) is -4.05. The van der Waals surface area contributed by atoms with Crippen molar-refractivity contribution >= 4 is 33.0 Å². The highest BCUT2D eigenvalue weighted by atomic mass is 35.5. The Kier molecular flexibility index (Phi) is 4.53. The lowest BCUT2D eigenvalue weighted by molar-refractivity contribution is -0.114. The Morgan fingerprint density at radius 2 is 1.70 bits per heavy atom. The van der Waals surface area contributed by atoms with Crippen LogP contribution >= 0.6 is 11.6 Å². The summed E-state index contributed by atoms with van der Waals surface area (Å²) in [5.74, 6) is -1.42. The fourth-order valence-corrected chi connectivity index (χ4v) is 3.90. The number of carbonyl (C=O) groups excluding carboxylic acids is 1. The standard InChI is InChI=1S/C15H14ClNO5S/c1-8-5-12(19)13(20)7-15(8)23(21,22)14-4-3-10(16)6-11(14)17-9(2)18/h3-7,19-20H,1-2H3,(H,17,18). The molecule has 0 unspecified atom stereocenters. The zero-order valence-electron chi connectivity index (χ0n) is 12.3. The molecule has 0 atom stereocenters. The maximum atomic E-state index is 12.8. The molecular weight excluding hydrogens is 342 g/mol. The van der Waals surface area contributed by atoms with E-state index in [2.05, 4.69) is 5.32 Å². The van der Waals surface area contributed by atoms with Crippen molar-refractivity contribution in [2.75, 3.05) is 5.32 Å². The van der Waals surface area contributed by atoms with Gasteiger partial charge in [0.1, 0.15) is 0 Å². The van der Waals surface area contributed by atoms with Crippen LogP contribution in [0.4, 0.5) is 5.69 Å². The van der Waals surface area contributed by atoms with Crippen LogP contribution in [0, 0.1) is 6.92 Å². The number of amides is 1. The van der Waals surface area contributed by atoms with Crippen LogP contribution in [0.3, 0.4) is 0 Å². The van der Waals surface area contributed by atoms with E-state index in [-0.39, 0.29) is 26.1 Å². The van der Waals surface area contributed by atoms with Crippen LogP contribution in [0.25, 0.3) is 0 Å². The number of benzene rings is 2. The number of phenols is 2. The number of rotatable bonds is 3. The van der Waals surface area contributed by atoms with Gasteiger partial charge in [0.25, 0.3) is 0 Å². The molecule has 0 bridgehead atoms. The van der Waals surface area contributed by atoms with Crippen molar-refractivity contribution in [3.63, 3.8) is 0 Å². The average molecular weight is 356 g/mol. The van der Waals surface area contributed by atoms with Crippen molar-refractivity contribution in [3.8, 4) is 11.5 Å². The molecule has 2 aromatic rings. The van der Waals surface area contributed by atoms with Gasteiger partial charge in [-0.05, 0) is 36.8 Å². The summed E-state index contributed by atoms with van der Waals surface area (Å²) in [4.78, 5) is 10.9. The van der Waals surface area contributed by atoms with Gasteiger partial charge in [-0.25, -0.2) is 8.42 Å². The van der Waals surface area contributed by atoms with Crippen molar-refractivity contribution in [2.24, 2.45) is 0 Å². The maximum absolute atomic E-state index is 12.8. The Bertz CT molecular complexity index is 893. The Hall–Kier alpha value is -2.25. The molecule has 0 radical (unpaired) electrons. The third kappa shape index (κ3) is 3.40. The third-order valence-electron chi connectivity index (χ3n) is 3.10. The Labute approximate surface area is 138 Å². The molecule has 0 heterocycles. The van der Waals surface area contributed by atoms with E-state index >= 15 is 0 Å². The van der Waals surface area contributed by atoms with E-state index in [1.807, 2.05) is 0 Å². The van der Waals surface area contributed by atoms with E-state index in [1.165, 1.54) is 32.0 Å². The summed E-state index contributed by atoms with van der Waals surface area (Å²) >= 11 is 5.85. The Morgan fingerprint density at radius 3 is 2.30 bits per heavy atom. The van der Waals surface area contributed by atoms with Gasteiger partial charge in [-0.2, -0.15) is 0 Å². The highest BCUT2D eigenvalue weighted by molar-refractivity contribution is 7.91. The first kappa shape index (κ1) is 17.1. The van der Waals surface area contributed by atoms with E-state index in [4.69, 9.17) is 11.6 Å². The summed E-state index contributed by atoms with van der Waals surface area (Å²) in [5, 5.41) is 21.7. The molecule has 0 aromatic heterocycles. The van der Waals surface area contributed by atoms with Gasteiger partial charge in [0.15, 0.2) is 11.5 Å². The molecule has 6 nitrogen and oxygen atoms in total. The summed E-state index contributed by atoms with van der Waals surface area (Å²) in [6.45, 7) is 2.73. The van der Waals surface area contributed by atoms with Crippen molar-refractivity contribution in [1.82, 2.24) is 0 Å². The number of hydrogen-bond acceptors (Lipinski definition) is 5. The molecule has 8 heteroatoms. The molecule has 3 N–H and O–H groups in total. The topological polar surface area (TPSA) is 104 Å². The molecule has 0 spiro atoms. The lowest BCUT2D eigenvalue weighted by Crippen LogP contribution is -2.12. The van der Waals surface area contributed by atoms with Gasteiger partial charge in [-0.3, -0.25) is 4.79 Å². The molecule has 2 aromatic carbocycles. The van der Waals surface area contributed by atoms with Gasteiger partial charge in [0.05, 0.1) is 15.5 Å². The minimum atomic E-state index is -4.05. The zero-order valence-corrected chi connectivity index (χ0v) is 13.9. The molecule has 0 saturated carbocycles. The second-order valence-corrected chi connectivity index (χ2v) is 7.25. The number of hydrogen-bond donors (Lipinski definition) is 3. The number of carbonyl (C=O) groups is 1. The van der Waals surface area contributed by atoms with Crippen LogP contribution in [0.5, 0.6) is 11.5 Å². The van der Waals surface area contributed by atoms with Crippen molar-refractivity contribution in [1.29, 1.82) is 0 Å². The van der Waals surface area contributed by atoms with E-state index in [9.17, 15) is 23.4 Å². The number of halogens is 1.